The van der Waals surface area contributed by atoms with E-state index in [2.05, 4.69) is 47.8 Å². The molecule has 1 saturated heterocycles. The Morgan fingerprint density at radius 1 is 1.12 bits per heavy atom. The number of carbonyl (C=O) groups excluding carboxylic acids is 1. The van der Waals surface area contributed by atoms with Gasteiger partial charge in [0.05, 0.1) is 5.92 Å². The lowest BCUT2D eigenvalue weighted by molar-refractivity contribution is -0.135. The van der Waals surface area contributed by atoms with Gasteiger partial charge in [-0.1, -0.05) is 54.6 Å². The summed E-state index contributed by atoms with van der Waals surface area (Å²) in [4.78, 5) is 14.5. The van der Waals surface area contributed by atoms with E-state index in [4.69, 9.17) is 0 Å². The lowest BCUT2D eigenvalue weighted by Gasteiger charge is -2.27. The molecule has 0 bridgehead atoms. The normalized spacial score (nSPS) is 17.0. The highest BCUT2D eigenvalue weighted by Gasteiger charge is 2.24. The Kier molecular flexibility index (Phi) is 6.83. The van der Waals surface area contributed by atoms with Crippen LogP contribution in [0.4, 0.5) is 0 Å². The molecule has 3 rings (SSSR count). The van der Waals surface area contributed by atoms with E-state index in [0.29, 0.717) is 6.54 Å². The van der Waals surface area contributed by atoms with Crippen molar-refractivity contribution < 1.29 is 4.79 Å². The van der Waals surface area contributed by atoms with Gasteiger partial charge in [0.25, 0.3) is 0 Å². The van der Waals surface area contributed by atoms with Crippen LogP contribution in [0.5, 0.6) is 0 Å². The summed E-state index contributed by atoms with van der Waals surface area (Å²) in [5.41, 5.74) is 3.59. The van der Waals surface area contributed by atoms with Crippen molar-refractivity contribution in [3.05, 3.63) is 60.2 Å². The molecule has 0 spiro atoms. The summed E-state index contributed by atoms with van der Waals surface area (Å²) < 4.78 is 0. The predicted molar refractivity (Wildman–Crippen MR) is 101 cm³/mol. The Bertz CT molecular complexity index is 654. The SMILES string of the molecule is CN(Cc1ccccc1-c1ccccc1)C(=O)C1CCCNC1.Cl. The van der Waals surface area contributed by atoms with Gasteiger partial charge in [-0.2, -0.15) is 0 Å². The quantitative estimate of drug-likeness (QED) is 0.916. The van der Waals surface area contributed by atoms with Gasteiger partial charge in [0, 0.05) is 20.1 Å². The fourth-order valence-corrected chi connectivity index (χ4v) is 3.27. The zero-order chi connectivity index (χ0) is 16.1. The van der Waals surface area contributed by atoms with E-state index in [-0.39, 0.29) is 24.2 Å². The summed E-state index contributed by atoms with van der Waals surface area (Å²) in [5.74, 6) is 0.373. The van der Waals surface area contributed by atoms with E-state index in [1.165, 1.54) is 16.7 Å². The lowest BCUT2D eigenvalue weighted by atomic mass is 9.96. The molecule has 3 nitrogen and oxygen atoms in total. The minimum atomic E-state index is 0. The van der Waals surface area contributed by atoms with E-state index >= 15 is 0 Å². The van der Waals surface area contributed by atoms with E-state index in [9.17, 15) is 4.79 Å². The van der Waals surface area contributed by atoms with Crippen molar-refractivity contribution in [2.45, 2.75) is 19.4 Å². The monoisotopic (exact) mass is 344 g/mol. The van der Waals surface area contributed by atoms with E-state index in [1.54, 1.807) is 0 Å². The molecule has 2 aromatic rings. The van der Waals surface area contributed by atoms with Crippen LogP contribution in [-0.2, 0) is 11.3 Å². The second kappa shape index (κ2) is 8.86. The summed E-state index contributed by atoms with van der Waals surface area (Å²) in [6, 6.07) is 18.7. The van der Waals surface area contributed by atoms with E-state index < -0.39 is 0 Å². The van der Waals surface area contributed by atoms with Gasteiger partial charge >= 0.3 is 0 Å². The highest BCUT2D eigenvalue weighted by atomic mass is 35.5. The minimum Gasteiger partial charge on any atom is -0.341 e. The van der Waals surface area contributed by atoms with E-state index in [0.717, 1.165) is 25.9 Å². The number of nitrogens with zero attached hydrogens (tertiary/aromatic N) is 1. The molecule has 1 N–H and O–H groups in total. The van der Waals surface area contributed by atoms with Crippen molar-refractivity contribution in [1.82, 2.24) is 10.2 Å². The molecule has 0 aliphatic carbocycles. The number of hydrogen-bond acceptors (Lipinski definition) is 2. The largest absolute Gasteiger partial charge is 0.341 e. The van der Waals surface area contributed by atoms with Crippen LogP contribution in [0.25, 0.3) is 11.1 Å². The van der Waals surface area contributed by atoms with Crippen molar-refractivity contribution in [3.8, 4) is 11.1 Å². The summed E-state index contributed by atoms with van der Waals surface area (Å²) in [7, 11) is 1.92. The number of rotatable bonds is 4. The van der Waals surface area contributed by atoms with Crippen LogP contribution in [0.2, 0.25) is 0 Å². The maximum Gasteiger partial charge on any atom is 0.227 e. The van der Waals surface area contributed by atoms with Gasteiger partial charge in [0.2, 0.25) is 5.91 Å². The van der Waals surface area contributed by atoms with Crippen LogP contribution >= 0.6 is 12.4 Å². The molecule has 2 aromatic carbocycles. The molecule has 1 aliphatic rings. The molecular weight excluding hydrogens is 320 g/mol. The summed E-state index contributed by atoms with van der Waals surface area (Å²) in [6.07, 6.45) is 2.08. The average molecular weight is 345 g/mol. The fourth-order valence-electron chi connectivity index (χ4n) is 3.27. The van der Waals surface area contributed by atoms with Crippen molar-refractivity contribution in [3.63, 3.8) is 0 Å². The van der Waals surface area contributed by atoms with Crippen LogP contribution in [0, 0.1) is 5.92 Å². The number of amides is 1. The Morgan fingerprint density at radius 3 is 2.54 bits per heavy atom. The molecule has 1 aliphatic heterocycles. The minimum absolute atomic E-state index is 0. The van der Waals surface area contributed by atoms with Crippen LogP contribution in [0.1, 0.15) is 18.4 Å². The van der Waals surface area contributed by atoms with Crippen molar-refractivity contribution in [1.29, 1.82) is 0 Å². The number of benzene rings is 2. The first-order valence-corrected chi connectivity index (χ1v) is 8.35. The first-order valence-electron chi connectivity index (χ1n) is 8.35. The standard InChI is InChI=1S/C20H24N2O.ClH/c1-22(20(23)17-11-7-13-21-14-17)15-18-10-5-6-12-19(18)16-8-3-2-4-9-16;/h2-6,8-10,12,17,21H,7,11,13-15H2,1H3;1H. The molecule has 1 unspecified atom stereocenters. The smallest absolute Gasteiger partial charge is 0.227 e. The third kappa shape index (κ3) is 4.37. The molecular formula is C20H25ClN2O. The Hall–Kier alpha value is -1.84. The Labute approximate surface area is 150 Å². The number of halogens is 1. The molecule has 24 heavy (non-hydrogen) atoms. The van der Waals surface area contributed by atoms with Crippen LogP contribution in [0.3, 0.4) is 0 Å². The number of piperidine rings is 1. The molecule has 4 heteroatoms. The van der Waals surface area contributed by atoms with E-state index in [1.807, 2.05) is 24.1 Å². The predicted octanol–water partition coefficient (Wildman–Crippen LogP) is 3.73. The molecule has 0 aromatic heterocycles. The Balaban J connectivity index is 0.00000208. The first-order chi connectivity index (χ1) is 11.3. The van der Waals surface area contributed by atoms with Gasteiger partial charge in [-0.05, 0) is 36.1 Å². The van der Waals surface area contributed by atoms with Crippen molar-refractivity contribution in [2.24, 2.45) is 5.92 Å². The van der Waals surface area contributed by atoms with Crippen molar-refractivity contribution in [2.75, 3.05) is 20.1 Å². The highest BCUT2D eigenvalue weighted by Crippen LogP contribution is 2.25. The molecule has 0 radical (unpaired) electrons. The molecule has 1 heterocycles. The zero-order valence-corrected chi connectivity index (χ0v) is 14.9. The van der Waals surface area contributed by atoms with Gasteiger partial charge in [-0.25, -0.2) is 0 Å². The fraction of sp³-hybridized carbons (Fsp3) is 0.350. The first kappa shape index (κ1) is 18.5. The topological polar surface area (TPSA) is 32.3 Å². The highest BCUT2D eigenvalue weighted by molar-refractivity contribution is 5.85. The van der Waals surface area contributed by atoms with Crippen LogP contribution in [-0.4, -0.2) is 30.9 Å². The van der Waals surface area contributed by atoms with Gasteiger partial charge < -0.3 is 10.2 Å². The summed E-state index contributed by atoms with van der Waals surface area (Å²) in [5, 5.41) is 3.32. The second-order valence-corrected chi connectivity index (χ2v) is 6.26. The summed E-state index contributed by atoms with van der Waals surface area (Å²) >= 11 is 0. The van der Waals surface area contributed by atoms with Gasteiger partial charge in [-0.3, -0.25) is 4.79 Å². The van der Waals surface area contributed by atoms with Crippen LogP contribution in [0.15, 0.2) is 54.6 Å². The molecule has 1 atom stereocenters. The Morgan fingerprint density at radius 2 is 1.83 bits per heavy atom. The van der Waals surface area contributed by atoms with Crippen LogP contribution < -0.4 is 5.32 Å². The second-order valence-electron chi connectivity index (χ2n) is 6.26. The third-order valence-electron chi connectivity index (χ3n) is 4.53. The van der Waals surface area contributed by atoms with Gasteiger partial charge in [-0.15, -0.1) is 12.4 Å². The van der Waals surface area contributed by atoms with Crippen molar-refractivity contribution >= 4 is 18.3 Å². The molecule has 1 fully saturated rings. The maximum atomic E-state index is 12.6. The third-order valence-corrected chi connectivity index (χ3v) is 4.53. The molecule has 1 amide bonds. The number of carbonyl (C=O) groups is 1. The maximum absolute atomic E-state index is 12.6. The summed E-state index contributed by atoms with van der Waals surface area (Å²) in [6.45, 7) is 2.49. The molecule has 128 valence electrons. The average Bonchev–Trinajstić information content (AvgIpc) is 2.63. The molecule has 0 saturated carbocycles. The van der Waals surface area contributed by atoms with Gasteiger partial charge in [0.1, 0.15) is 0 Å². The lowest BCUT2D eigenvalue weighted by Crippen LogP contribution is -2.41. The number of hydrogen-bond donors (Lipinski definition) is 1. The zero-order valence-electron chi connectivity index (χ0n) is 14.1. The van der Waals surface area contributed by atoms with Gasteiger partial charge in [0.15, 0.2) is 0 Å². The number of nitrogens with one attached hydrogen (secondary N) is 1.